The second-order valence-corrected chi connectivity index (χ2v) is 3.08. The third kappa shape index (κ3) is 3.62. The van der Waals surface area contributed by atoms with E-state index in [1.807, 2.05) is 17.8 Å². The summed E-state index contributed by atoms with van der Waals surface area (Å²) in [7, 11) is 0. The minimum atomic E-state index is 0.889. The van der Waals surface area contributed by atoms with Gasteiger partial charge in [0.2, 0.25) is 0 Å². The van der Waals surface area contributed by atoms with Crippen LogP contribution >= 0.6 is 11.8 Å². The molecule has 0 aromatic carbocycles. The van der Waals surface area contributed by atoms with Crippen LogP contribution in [0.25, 0.3) is 0 Å². The lowest BCUT2D eigenvalue weighted by Gasteiger charge is -1.79. The maximum Gasteiger partial charge on any atom is 0.0908 e. The van der Waals surface area contributed by atoms with E-state index in [9.17, 15) is 0 Å². The number of thioether (sulfide) groups is 1. The van der Waals surface area contributed by atoms with Crippen molar-refractivity contribution in [1.82, 2.24) is 0 Å². The Labute approximate surface area is 66.1 Å². The molecule has 2 heteroatoms. The molecule has 0 aliphatic carbocycles. The number of ether oxygens (including phenoxy) is 1. The Morgan fingerprint density at radius 3 is 2.40 bits per heavy atom. The van der Waals surface area contributed by atoms with E-state index in [-0.39, 0.29) is 0 Å². The monoisotopic (exact) mass is 156 g/mol. The van der Waals surface area contributed by atoms with Crippen molar-refractivity contribution in [3.8, 4) is 0 Å². The quantitative estimate of drug-likeness (QED) is 0.533. The molecule has 0 spiro atoms. The highest BCUT2D eigenvalue weighted by Crippen LogP contribution is 2.11. The molecular weight excluding hydrogens is 144 g/mol. The molecule has 0 fully saturated rings. The largest absolute Gasteiger partial charge is 0.501 e. The molecule has 0 bridgehead atoms. The van der Waals surface area contributed by atoms with E-state index < -0.39 is 0 Å². The van der Waals surface area contributed by atoms with E-state index in [2.05, 4.69) is 11.5 Å². The summed E-state index contributed by atoms with van der Waals surface area (Å²) >= 11 is 1.89. The van der Waals surface area contributed by atoms with Gasteiger partial charge in [0.25, 0.3) is 0 Å². The Bertz CT molecular complexity index is 101. The van der Waals surface area contributed by atoms with Gasteiger partial charge in [-0.2, -0.15) is 0 Å². The first-order chi connectivity index (χ1) is 5.00. The van der Waals surface area contributed by atoms with Crippen LogP contribution in [0.4, 0.5) is 0 Å². The van der Waals surface area contributed by atoms with Gasteiger partial charge in [-0.05, 0) is 17.9 Å². The van der Waals surface area contributed by atoms with Crippen molar-refractivity contribution in [1.29, 1.82) is 0 Å². The normalized spacial score (nSPS) is 20.0. The van der Waals surface area contributed by atoms with E-state index in [1.54, 1.807) is 6.26 Å². The zero-order chi connectivity index (χ0) is 7.07. The second kappa shape index (κ2) is 5.42. The molecule has 2 aliphatic rings. The van der Waals surface area contributed by atoms with Crippen molar-refractivity contribution in [3.63, 3.8) is 0 Å². The summed E-state index contributed by atoms with van der Waals surface area (Å²) in [6.45, 7) is 0.889. The van der Waals surface area contributed by atoms with Gasteiger partial charge in [-0.3, -0.25) is 0 Å². The summed E-state index contributed by atoms with van der Waals surface area (Å²) in [5.41, 5.74) is 0. The topological polar surface area (TPSA) is 9.23 Å². The van der Waals surface area contributed by atoms with Gasteiger partial charge in [-0.25, -0.2) is 0 Å². The zero-order valence-corrected chi connectivity index (χ0v) is 6.77. The first kappa shape index (κ1) is 7.73. The maximum atomic E-state index is 4.76. The molecule has 10 heavy (non-hydrogen) atoms. The molecule has 0 atom stereocenters. The smallest absolute Gasteiger partial charge is 0.0908 e. The third-order valence-corrected chi connectivity index (χ3v) is 2.05. The van der Waals surface area contributed by atoms with Crippen molar-refractivity contribution in [3.05, 3.63) is 23.8 Å². The predicted molar refractivity (Wildman–Crippen MR) is 45.9 cm³/mol. The van der Waals surface area contributed by atoms with Crippen LogP contribution in [-0.2, 0) is 4.74 Å². The average Bonchev–Trinajstić information content (AvgIpc) is 2.67. The molecule has 0 saturated carbocycles. The highest BCUT2D eigenvalue weighted by atomic mass is 32.2. The Hall–Kier alpha value is -0.370. The predicted octanol–water partition coefficient (Wildman–Crippen LogP) is 2.56. The summed E-state index contributed by atoms with van der Waals surface area (Å²) in [6, 6.07) is 0. The van der Waals surface area contributed by atoms with Crippen molar-refractivity contribution < 1.29 is 4.74 Å². The fourth-order valence-electron chi connectivity index (χ4n) is 0.680. The molecular formula is C8H12OS. The van der Waals surface area contributed by atoms with Crippen molar-refractivity contribution in [2.24, 2.45) is 0 Å². The van der Waals surface area contributed by atoms with Crippen molar-refractivity contribution >= 4 is 11.8 Å². The van der Waals surface area contributed by atoms with Crippen LogP contribution in [-0.4, -0.2) is 12.4 Å². The van der Waals surface area contributed by atoms with Gasteiger partial charge in [-0.1, -0.05) is 6.08 Å². The fraction of sp³-hybridized carbons (Fsp3) is 0.500. The highest BCUT2D eigenvalue weighted by Gasteiger charge is 1.85. The summed E-state index contributed by atoms with van der Waals surface area (Å²) in [5, 5.41) is 2.15. The number of hydrogen-bond donors (Lipinski definition) is 0. The molecule has 0 unspecified atom stereocenters. The second-order valence-electron chi connectivity index (χ2n) is 2.06. The SMILES string of the molecule is C1=COCC1.C1=CSCC1. The van der Waals surface area contributed by atoms with Crippen LogP contribution in [0.5, 0.6) is 0 Å². The zero-order valence-electron chi connectivity index (χ0n) is 5.95. The van der Waals surface area contributed by atoms with E-state index in [1.165, 1.54) is 12.2 Å². The van der Waals surface area contributed by atoms with E-state index in [4.69, 9.17) is 4.74 Å². The molecule has 0 aromatic heterocycles. The Morgan fingerprint density at radius 2 is 2.20 bits per heavy atom. The fourth-order valence-corrected chi connectivity index (χ4v) is 1.36. The molecule has 56 valence electrons. The number of hydrogen-bond acceptors (Lipinski definition) is 2. The molecule has 0 N–H and O–H groups in total. The summed E-state index contributed by atoms with van der Waals surface area (Å²) < 4.78 is 4.76. The van der Waals surface area contributed by atoms with Gasteiger partial charge < -0.3 is 4.74 Å². The molecule has 2 rings (SSSR count). The van der Waals surface area contributed by atoms with Gasteiger partial charge in [0, 0.05) is 12.2 Å². The van der Waals surface area contributed by atoms with E-state index in [0.29, 0.717) is 0 Å². The van der Waals surface area contributed by atoms with E-state index >= 15 is 0 Å². The minimum Gasteiger partial charge on any atom is -0.501 e. The van der Waals surface area contributed by atoms with Gasteiger partial charge >= 0.3 is 0 Å². The summed E-state index contributed by atoms with van der Waals surface area (Å²) in [6.07, 6.45) is 8.33. The molecule has 0 amide bonds. The van der Waals surface area contributed by atoms with Crippen LogP contribution in [0.15, 0.2) is 23.8 Å². The number of allylic oxidation sites excluding steroid dienone is 1. The lowest BCUT2D eigenvalue weighted by molar-refractivity contribution is 0.281. The minimum absolute atomic E-state index is 0.889. The van der Waals surface area contributed by atoms with Crippen LogP contribution in [0, 0.1) is 0 Å². The van der Waals surface area contributed by atoms with Crippen LogP contribution in [0.2, 0.25) is 0 Å². The van der Waals surface area contributed by atoms with Gasteiger partial charge in [-0.15, -0.1) is 11.8 Å². The highest BCUT2D eigenvalue weighted by molar-refractivity contribution is 8.02. The molecule has 2 aliphatic heterocycles. The average molecular weight is 156 g/mol. The first-order valence-corrected chi connectivity index (χ1v) is 4.58. The maximum absolute atomic E-state index is 4.76. The molecule has 1 nitrogen and oxygen atoms in total. The van der Waals surface area contributed by atoms with Gasteiger partial charge in [0.1, 0.15) is 0 Å². The Kier molecular flexibility index (Phi) is 4.19. The molecule has 0 radical (unpaired) electrons. The molecule has 2 heterocycles. The third-order valence-electron chi connectivity index (χ3n) is 1.19. The Balaban J connectivity index is 0.0000001000. The number of rotatable bonds is 0. The first-order valence-electron chi connectivity index (χ1n) is 3.53. The van der Waals surface area contributed by atoms with Gasteiger partial charge in [0.05, 0.1) is 12.9 Å². The lowest BCUT2D eigenvalue weighted by atomic mass is 10.5. The van der Waals surface area contributed by atoms with E-state index in [0.717, 1.165) is 13.0 Å². The van der Waals surface area contributed by atoms with Crippen LogP contribution in [0.1, 0.15) is 12.8 Å². The molecule has 0 aromatic rings. The van der Waals surface area contributed by atoms with Crippen molar-refractivity contribution in [2.45, 2.75) is 12.8 Å². The van der Waals surface area contributed by atoms with Crippen LogP contribution < -0.4 is 0 Å². The summed E-state index contributed by atoms with van der Waals surface area (Å²) in [4.78, 5) is 0. The van der Waals surface area contributed by atoms with Crippen molar-refractivity contribution in [2.75, 3.05) is 12.4 Å². The van der Waals surface area contributed by atoms with Crippen LogP contribution in [0.3, 0.4) is 0 Å². The lowest BCUT2D eigenvalue weighted by Crippen LogP contribution is -1.70. The van der Waals surface area contributed by atoms with Gasteiger partial charge in [0.15, 0.2) is 0 Å². The summed E-state index contributed by atoms with van der Waals surface area (Å²) in [5.74, 6) is 1.31. The molecule has 0 saturated heterocycles. The standard InChI is InChI=1S/C4H6O.C4H6S/c2*1-2-4-5-3-1/h2*1,3H,2,4H2. The Morgan fingerprint density at radius 1 is 1.20 bits per heavy atom.